The summed E-state index contributed by atoms with van der Waals surface area (Å²) >= 11 is 3.18. The van der Waals surface area contributed by atoms with Crippen LogP contribution in [0.2, 0.25) is 0 Å². The van der Waals surface area contributed by atoms with E-state index in [1.807, 2.05) is 0 Å². The second-order valence-electron chi connectivity index (χ2n) is 2.79. The molecule has 72 valence electrons. The monoisotopic (exact) mass is 240 g/mol. The predicted molar refractivity (Wildman–Crippen MR) is 46.1 cm³/mol. The van der Waals surface area contributed by atoms with E-state index in [2.05, 4.69) is 15.9 Å². The van der Waals surface area contributed by atoms with Crippen molar-refractivity contribution in [3.63, 3.8) is 0 Å². The smallest absolute Gasteiger partial charge is 0.160 e. The lowest BCUT2D eigenvalue weighted by Gasteiger charge is -2.35. The number of ether oxygens (including phenoxy) is 2. The zero-order chi connectivity index (χ0) is 9.14. The number of aliphatic hydroxyl groups is 2. The number of hydrogen-bond acceptors (Lipinski definition) is 4. The van der Waals surface area contributed by atoms with Crippen LogP contribution in [-0.2, 0) is 9.47 Å². The summed E-state index contributed by atoms with van der Waals surface area (Å²) in [6.45, 7) is 0. The molecule has 4 atom stereocenters. The number of halogens is 1. The van der Waals surface area contributed by atoms with Crippen molar-refractivity contribution in [2.45, 2.75) is 31.0 Å². The summed E-state index contributed by atoms with van der Waals surface area (Å²) in [7, 11) is 1.51. The van der Waals surface area contributed by atoms with E-state index < -0.39 is 24.6 Å². The van der Waals surface area contributed by atoms with Crippen LogP contribution in [0.3, 0.4) is 0 Å². The van der Waals surface area contributed by atoms with Crippen LogP contribution >= 0.6 is 15.9 Å². The Kier molecular flexibility index (Phi) is 3.92. The Labute approximate surface area is 79.6 Å². The van der Waals surface area contributed by atoms with Crippen LogP contribution in [0.4, 0.5) is 0 Å². The topological polar surface area (TPSA) is 58.9 Å². The van der Waals surface area contributed by atoms with E-state index >= 15 is 0 Å². The van der Waals surface area contributed by atoms with E-state index in [0.717, 1.165) is 0 Å². The fraction of sp³-hybridized carbons (Fsp3) is 1.00. The summed E-state index contributed by atoms with van der Waals surface area (Å²) in [5, 5.41) is 19.2. The summed E-state index contributed by atoms with van der Waals surface area (Å²) in [5.74, 6) is 0. The van der Waals surface area contributed by atoms with Crippen molar-refractivity contribution >= 4 is 15.9 Å². The average Bonchev–Trinajstić information content (AvgIpc) is 2.09. The van der Waals surface area contributed by atoms with Crippen LogP contribution in [0.25, 0.3) is 0 Å². The molecule has 1 aliphatic heterocycles. The molecule has 2 N–H and O–H groups in total. The largest absolute Gasteiger partial charge is 0.390 e. The second kappa shape index (κ2) is 4.53. The van der Waals surface area contributed by atoms with Crippen LogP contribution in [-0.4, -0.2) is 47.3 Å². The van der Waals surface area contributed by atoms with E-state index in [1.54, 1.807) is 0 Å². The molecule has 0 spiro atoms. The summed E-state index contributed by atoms with van der Waals surface area (Å²) in [4.78, 5) is 0. The summed E-state index contributed by atoms with van der Waals surface area (Å²) < 4.78 is 10.2. The maximum atomic E-state index is 9.39. The van der Waals surface area contributed by atoms with Gasteiger partial charge in [-0.05, 0) is 0 Å². The predicted octanol–water partition coefficient (Wildman–Crippen LogP) is -0.135. The molecule has 0 amide bonds. The van der Waals surface area contributed by atoms with Crippen molar-refractivity contribution < 1.29 is 19.7 Å². The van der Waals surface area contributed by atoms with E-state index in [9.17, 15) is 10.2 Å². The van der Waals surface area contributed by atoms with Gasteiger partial charge in [-0.25, -0.2) is 0 Å². The van der Waals surface area contributed by atoms with E-state index in [-0.39, 0.29) is 0 Å². The molecule has 0 aliphatic carbocycles. The van der Waals surface area contributed by atoms with E-state index in [0.29, 0.717) is 11.8 Å². The highest BCUT2D eigenvalue weighted by Gasteiger charge is 2.35. The first-order valence-electron chi connectivity index (χ1n) is 3.79. The first-order valence-corrected chi connectivity index (χ1v) is 4.91. The molecule has 0 aromatic carbocycles. The number of methoxy groups -OCH3 is 1. The Balaban J connectivity index is 2.52. The highest BCUT2D eigenvalue weighted by molar-refractivity contribution is 9.09. The molecule has 0 aromatic heterocycles. The normalized spacial score (nSPS) is 43.0. The Hall–Kier alpha value is 0.320. The molecule has 5 heteroatoms. The van der Waals surface area contributed by atoms with Crippen LogP contribution in [0.15, 0.2) is 0 Å². The molecule has 4 nitrogen and oxygen atoms in total. The molecule has 0 aromatic rings. The molecule has 1 unspecified atom stereocenters. The van der Waals surface area contributed by atoms with Crippen molar-refractivity contribution in [2.24, 2.45) is 0 Å². The van der Waals surface area contributed by atoms with Gasteiger partial charge in [-0.3, -0.25) is 0 Å². The molecule has 1 aliphatic rings. The number of hydrogen-bond donors (Lipinski definition) is 2. The third-order valence-electron chi connectivity index (χ3n) is 1.95. The van der Waals surface area contributed by atoms with Gasteiger partial charge in [0.25, 0.3) is 0 Å². The minimum atomic E-state index is -0.823. The van der Waals surface area contributed by atoms with Gasteiger partial charge in [0.05, 0.1) is 12.2 Å². The van der Waals surface area contributed by atoms with Gasteiger partial charge in [0, 0.05) is 18.9 Å². The van der Waals surface area contributed by atoms with Crippen LogP contribution in [0.1, 0.15) is 6.42 Å². The molecular formula is C7H13BrO4. The summed E-state index contributed by atoms with van der Waals surface area (Å²) in [6.07, 6.45) is -2.06. The van der Waals surface area contributed by atoms with Gasteiger partial charge in [0.2, 0.25) is 0 Å². The fourth-order valence-electron chi connectivity index (χ4n) is 1.19. The molecule has 1 rings (SSSR count). The van der Waals surface area contributed by atoms with Crippen molar-refractivity contribution in [3.8, 4) is 0 Å². The zero-order valence-electron chi connectivity index (χ0n) is 6.81. The van der Waals surface area contributed by atoms with E-state index in [4.69, 9.17) is 9.47 Å². The van der Waals surface area contributed by atoms with Gasteiger partial charge in [-0.15, -0.1) is 0 Å². The number of aliphatic hydroxyl groups excluding tert-OH is 2. The lowest BCUT2D eigenvalue weighted by atomic mass is 10.0. The third kappa shape index (κ3) is 2.17. The van der Waals surface area contributed by atoms with Gasteiger partial charge >= 0.3 is 0 Å². The van der Waals surface area contributed by atoms with Crippen LogP contribution in [0.5, 0.6) is 0 Å². The van der Waals surface area contributed by atoms with Crippen molar-refractivity contribution in [2.75, 3.05) is 12.4 Å². The molecule has 12 heavy (non-hydrogen) atoms. The van der Waals surface area contributed by atoms with Crippen molar-refractivity contribution in [3.05, 3.63) is 0 Å². The second-order valence-corrected chi connectivity index (χ2v) is 3.44. The minimum absolute atomic E-state index is 0.321. The maximum Gasteiger partial charge on any atom is 0.160 e. The third-order valence-corrected chi connectivity index (χ3v) is 2.59. The first kappa shape index (κ1) is 10.4. The van der Waals surface area contributed by atoms with Gasteiger partial charge in [-0.2, -0.15) is 0 Å². The van der Waals surface area contributed by atoms with Crippen molar-refractivity contribution in [1.29, 1.82) is 0 Å². The van der Waals surface area contributed by atoms with Crippen LogP contribution in [0, 0.1) is 0 Å². The quantitative estimate of drug-likeness (QED) is 0.661. The lowest BCUT2D eigenvalue weighted by molar-refractivity contribution is -0.235. The van der Waals surface area contributed by atoms with Gasteiger partial charge in [-0.1, -0.05) is 15.9 Å². The Morgan fingerprint density at radius 2 is 2.25 bits per heavy atom. The summed E-state index contributed by atoms with van der Waals surface area (Å²) in [5.41, 5.74) is 0. The highest BCUT2D eigenvalue weighted by Crippen LogP contribution is 2.21. The molecule has 0 saturated carbocycles. The molecule has 1 heterocycles. The maximum absolute atomic E-state index is 9.39. The molecule has 1 saturated heterocycles. The van der Waals surface area contributed by atoms with E-state index in [1.165, 1.54) is 7.11 Å². The lowest BCUT2D eigenvalue weighted by Crippen LogP contribution is -2.49. The van der Waals surface area contributed by atoms with Gasteiger partial charge in [0.1, 0.15) is 6.10 Å². The van der Waals surface area contributed by atoms with Crippen LogP contribution < -0.4 is 0 Å². The average molecular weight is 241 g/mol. The Morgan fingerprint density at radius 3 is 2.75 bits per heavy atom. The Morgan fingerprint density at radius 1 is 1.58 bits per heavy atom. The molecule has 1 fully saturated rings. The molecule has 0 bridgehead atoms. The Bertz CT molecular complexity index is 143. The van der Waals surface area contributed by atoms with Gasteiger partial charge in [0.15, 0.2) is 6.29 Å². The zero-order valence-corrected chi connectivity index (χ0v) is 8.40. The number of rotatable bonds is 2. The SMILES string of the molecule is CO[C@@H]1C[C@@H](O)[C@H](O)C(CBr)O1. The van der Waals surface area contributed by atoms with Crippen molar-refractivity contribution in [1.82, 2.24) is 0 Å². The fourth-order valence-corrected chi connectivity index (χ4v) is 1.73. The van der Waals surface area contributed by atoms with Gasteiger partial charge < -0.3 is 19.7 Å². The molecule has 0 radical (unpaired) electrons. The first-order chi connectivity index (χ1) is 5.69. The molecular weight excluding hydrogens is 228 g/mol. The standard InChI is InChI=1S/C7H13BrO4/c1-11-6-2-4(9)7(10)5(3-8)12-6/h4-7,9-10H,2-3H2,1H3/t4-,5?,6+,7+/m1/s1. The highest BCUT2D eigenvalue weighted by atomic mass is 79.9. The summed E-state index contributed by atoms with van der Waals surface area (Å²) in [6, 6.07) is 0. The number of alkyl halides is 1. The minimum Gasteiger partial charge on any atom is -0.390 e.